The molecular formula is C17H18BrN3O2. The minimum atomic E-state index is -0.951. The van der Waals surface area contributed by atoms with Crippen molar-refractivity contribution in [3.63, 3.8) is 0 Å². The summed E-state index contributed by atoms with van der Waals surface area (Å²) in [7, 11) is 0. The second-order valence-corrected chi connectivity index (χ2v) is 6.59. The van der Waals surface area contributed by atoms with Gasteiger partial charge in [-0.2, -0.15) is 0 Å². The molecule has 0 radical (unpaired) electrons. The van der Waals surface area contributed by atoms with Crippen molar-refractivity contribution in [3.8, 4) is 0 Å². The van der Waals surface area contributed by atoms with Crippen molar-refractivity contribution in [1.82, 2.24) is 9.88 Å². The van der Waals surface area contributed by atoms with Crippen LogP contribution in [0, 0.1) is 0 Å². The molecular weight excluding hydrogens is 358 g/mol. The number of nitrogens with one attached hydrogen (secondary N) is 1. The molecule has 1 saturated heterocycles. The lowest BCUT2D eigenvalue weighted by Crippen LogP contribution is -2.47. The van der Waals surface area contributed by atoms with Gasteiger partial charge in [-0.1, -0.05) is 28.1 Å². The van der Waals surface area contributed by atoms with Crippen molar-refractivity contribution in [2.45, 2.75) is 18.4 Å². The van der Waals surface area contributed by atoms with Crippen molar-refractivity contribution in [2.24, 2.45) is 0 Å². The summed E-state index contributed by atoms with van der Waals surface area (Å²) in [4.78, 5) is 18.3. The van der Waals surface area contributed by atoms with Crippen LogP contribution in [0.15, 0.2) is 53.1 Å². The van der Waals surface area contributed by atoms with Crippen LogP contribution in [0.4, 0.5) is 10.5 Å². The van der Waals surface area contributed by atoms with Gasteiger partial charge in [0.2, 0.25) is 0 Å². The number of piperidine rings is 1. The Balaban J connectivity index is 1.61. The Labute approximate surface area is 143 Å². The molecule has 120 valence electrons. The zero-order chi connectivity index (χ0) is 16.3. The summed E-state index contributed by atoms with van der Waals surface area (Å²) in [5.41, 5.74) is 0.468. The number of amides is 2. The molecule has 2 N–H and O–H groups in total. The third-order valence-corrected chi connectivity index (χ3v) is 4.59. The Kier molecular flexibility index (Phi) is 4.63. The zero-order valence-electron chi connectivity index (χ0n) is 12.6. The average molecular weight is 376 g/mol. The number of carbonyl (C=O) groups is 1. The summed E-state index contributed by atoms with van der Waals surface area (Å²) in [5.74, 6) is 0. The monoisotopic (exact) mass is 375 g/mol. The molecule has 1 aromatic carbocycles. The van der Waals surface area contributed by atoms with Crippen molar-refractivity contribution >= 4 is 27.6 Å². The van der Waals surface area contributed by atoms with Gasteiger partial charge in [0, 0.05) is 29.4 Å². The molecule has 0 spiro atoms. The number of pyridine rings is 1. The molecule has 0 unspecified atom stereocenters. The van der Waals surface area contributed by atoms with E-state index in [4.69, 9.17) is 0 Å². The number of urea groups is 1. The number of hydrogen-bond acceptors (Lipinski definition) is 3. The number of hydrogen-bond donors (Lipinski definition) is 2. The van der Waals surface area contributed by atoms with Gasteiger partial charge in [-0.3, -0.25) is 4.98 Å². The molecule has 1 fully saturated rings. The largest absolute Gasteiger partial charge is 0.383 e. The average Bonchev–Trinajstić information content (AvgIpc) is 2.56. The smallest absolute Gasteiger partial charge is 0.321 e. The fourth-order valence-corrected chi connectivity index (χ4v) is 3.14. The van der Waals surface area contributed by atoms with Crippen molar-refractivity contribution in [3.05, 3.63) is 58.8 Å². The van der Waals surface area contributed by atoms with E-state index in [1.54, 1.807) is 11.1 Å². The fraction of sp³-hybridized carbons (Fsp3) is 0.294. The van der Waals surface area contributed by atoms with Crippen molar-refractivity contribution < 1.29 is 9.90 Å². The number of nitrogens with zero attached hydrogens (tertiary/aromatic N) is 2. The standard InChI is InChI=1S/C17H18BrN3O2/c18-13-4-3-5-14(12-13)20-16(22)21-10-7-17(23,8-11-21)15-6-1-2-9-19-15/h1-6,9,12,23H,7-8,10-11H2,(H,20,22). The first-order valence-corrected chi connectivity index (χ1v) is 8.31. The molecule has 0 aliphatic carbocycles. The van der Waals surface area contributed by atoms with Crippen LogP contribution >= 0.6 is 15.9 Å². The van der Waals surface area contributed by atoms with Gasteiger partial charge in [0.1, 0.15) is 5.60 Å². The van der Waals surface area contributed by atoms with E-state index in [1.807, 2.05) is 42.5 Å². The van der Waals surface area contributed by atoms with Gasteiger partial charge in [0.25, 0.3) is 0 Å². The minimum absolute atomic E-state index is 0.147. The van der Waals surface area contributed by atoms with Gasteiger partial charge in [-0.15, -0.1) is 0 Å². The molecule has 0 saturated carbocycles. The van der Waals surface area contributed by atoms with E-state index < -0.39 is 5.60 Å². The molecule has 23 heavy (non-hydrogen) atoms. The van der Waals surface area contributed by atoms with Crippen LogP contribution in [0.2, 0.25) is 0 Å². The fourth-order valence-electron chi connectivity index (χ4n) is 2.74. The van der Waals surface area contributed by atoms with E-state index in [9.17, 15) is 9.90 Å². The molecule has 3 rings (SSSR count). The highest BCUT2D eigenvalue weighted by Crippen LogP contribution is 2.31. The number of halogens is 1. The molecule has 1 aliphatic heterocycles. The summed E-state index contributed by atoms with van der Waals surface area (Å²) >= 11 is 3.38. The second-order valence-electron chi connectivity index (χ2n) is 5.67. The Morgan fingerprint density at radius 3 is 2.65 bits per heavy atom. The normalized spacial score (nSPS) is 16.9. The highest BCUT2D eigenvalue weighted by Gasteiger charge is 2.36. The minimum Gasteiger partial charge on any atom is -0.383 e. The van der Waals surface area contributed by atoms with Crippen LogP contribution in [0.3, 0.4) is 0 Å². The predicted octanol–water partition coefficient (Wildman–Crippen LogP) is 3.36. The molecule has 2 aromatic rings. The highest BCUT2D eigenvalue weighted by atomic mass is 79.9. The first-order valence-electron chi connectivity index (χ1n) is 7.52. The molecule has 1 aromatic heterocycles. The third kappa shape index (κ3) is 3.71. The quantitative estimate of drug-likeness (QED) is 0.845. The third-order valence-electron chi connectivity index (χ3n) is 4.10. The van der Waals surface area contributed by atoms with E-state index in [-0.39, 0.29) is 6.03 Å². The van der Waals surface area contributed by atoms with Crippen molar-refractivity contribution in [1.29, 1.82) is 0 Å². The summed E-state index contributed by atoms with van der Waals surface area (Å²) in [5, 5.41) is 13.6. The van der Waals surface area contributed by atoms with Gasteiger partial charge in [0.15, 0.2) is 0 Å². The van der Waals surface area contributed by atoms with Crippen LogP contribution in [0.1, 0.15) is 18.5 Å². The van der Waals surface area contributed by atoms with Gasteiger partial charge in [-0.25, -0.2) is 4.79 Å². The van der Waals surface area contributed by atoms with E-state index in [0.717, 1.165) is 10.2 Å². The number of benzene rings is 1. The van der Waals surface area contributed by atoms with E-state index in [1.165, 1.54) is 0 Å². The Bertz CT molecular complexity index is 685. The Morgan fingerprint density at radius 1 is 1.22 bits per heavy atom. The number of rotatable bonds is 2. The molecule has 5 nitrogen and oxygen atoms in total. The summed E-state index contributed by atoms with van der Waals surface area (Å²) in [6, 6.07) is 12.9. The number of anilines is 1. The predicted molar refractivity (Wildman–Crippen MR) is 92.1 cm³/mol. The molecule has 6 heteroatoms. The zero-order valence-corrected chi connectivity index (χ0v) is 14.2. The highest BCUT2D eigenvalue weighted by molar-refractivity contribution is 9.10. The molecule has 0 bridgehead atoms. The Hall–Kier alpha value is -1.92. The molecule has 2 heterocycles. The maximum absolute atomic E-state index is 12.3. The molecule has 0 atom stereocenters. The van der Waals surface area contributed by atoms with Crippen LogP contribution in [-0.2, 0) is 5.60 Å². The van der Waals surface area contributed by atoms with Crippen LogP contribution in [-0.4, -0.2) is 34.1 Å². The summed E-state index contributed by atoms with van der Waals surface area (Å²) in [6.07, 6.45) is 2.64. The molecule has 1 aliphatic rings. The lowest BCUT2D eigenvalue weighted by molar-refractivity contribution is -0.0192. The van der Waals surface area contributed by atoms with Gasteiger partial charge >= 0.3 is 6.03 Å². The second kappa shape index (κ2) is 6.68. The number of likely N-dealkylation sites (tertiary alicyclic amines) is 1. The van der Waals surface area contributed by atoms with Crippen molar-refractivity contribution in [2.75, 3.05) is 18.4 Å². The van der Waals surface area contributed by atoms with Gasteiger partial charge in [-0.05, 0) is 43.2 Å². The number of carbonyl (C=O) groups excluding carboxylic acids is 1. The first kappa shape index (κ1) is 16.0. The lowest BCUT2D eigenvalue weighted by atomic mass is 9.88. The number of aromatic nitrogens is 1. The van der Waals surface area contributed by atoms with Crippen LogP contribution < -0.4 is 5.32 Å². The van der Waals surface area contributed by atoms with E-state index in [2.05, 4.69) is 26.2 Å². The first-order chi connectivity index (χ1) is 11.1. The topological polar surface area (TPSA) is 65.5 Å². The maximum Gasteiger partial charge on any atom is 0.321 e. The summed E-state index contributed by atoms with van der Waals surface area (Å²) in [6.45, 7) is 0.986. The summed E-state index contributed by atoms with van der Waals surface area (Å²) < 4.78 is 0.915. The van der Waals surface area contributed by atoms with E-state index >= 15 is 0 Å². The van der Waals surface area contributed by atoms with Gasteiger partial charge in [0.05, 0.1) is 5.69 Å². The van der Waals surface area contributed by atoms with Crippen LogP contribution in [0.5, 0.6) is 0 Å². The molecule has 2 amide bonds. The SMILES string of the molecule is O=C(Nc1cccc(Br)c1)N1CCC(O)(c2ccccn2)CC1. The lowest BCUT2D eigenvalue weighted by Gasteiger charge is -2.37. The maximum atomic E-state index is 12.3. The Morgan fingerprint density at radius 2 is 2.00 bits per heavy atom. The number of aliphatic hydroxyl groups is 1. The van der Waals surface area contributed by atoms with E-state index in [0.29, 0.717) is 31.6 Å². The van der Waals surface area contributed by atoms with Gasteiger partial charge < -0.3 is 15.3 Å². The van der Waals surface area contributed by atoms with Crippen LogP contribution in [0.25, 0.3) is 0 Å².